The largest absolute Gasteiger partial charge is 0.370 e. The highest BCUT2D eigenvalue weighted by atomic mass is 32.2. The molecule has 10 heteroatoms. The molecule has 0 aliphatic heterocycles. The van der Waals surface area contributed by atoms with Crippen LogP contribution in [0, 0.1) is 11.8 Å². The van der Waals surface area contributed by atoms with Crippen molar-refractivity contribution in [2.45, 2.75) is 58.0 Å². The first-order valence-corrected chi connectivity index (χ1v) is 14.7. The first-order chi connectivity index (χ1) is 16.1. The van der Waals surface area contributed by atoms with Crippen LogP contribution < -0.4 is 20.7 Å². The number of sulfonamides is 1. The van der Waals surface area contributed by atoms with Gasteiger partial charge < -0.3 is 16.4 Å². The molecular weight excluding hydrogens is 470 g/mol. The third-order valence-electron chi connectivity index (χ3n) is 6.57. The maximum Gasteiger partial charge on any atom is 0.251 e. The number of nitrogens with zero attached hydrogens (tertiary/aromatic N) is 2. The van der Waals surface area contributed by atoms with Gasteiger partial charge >= 0.3 is 0 Å². The summed E-state index contributed by atoms with van der Waals surface area (Å²) in [6, 6.07) is 5.25. The van der Waals surface area contributed by atoms with Crippen molar-refractivity contribution in [1.82, 2.24) is 10.3 Å². The summed E-state index contributed by atoms with van der Waals surface area (Å²) in [4.78, 5) is 17.8. The molecule has 0 aromatic carbocycles. The van der Waals surface area contributed by atoms with Crippen LogP contribution in [0.3, 0.4) is 0 Å². The second-order valence-corrected chi connectivity index (χ2v) is 12.3. The highest BCUT2D eigenvalue weighted by Crippen LogP contribution is 2.37. The Labute approximate surface area is 207 Å². The van der Waals surface area contributed by atoms with E-state index in [4.69, 9.17) is 0 Å². The minimum Gasteiger partial charge on any atom is -0.370 e. The number of rotatable bonds is 13. The Kier molecular flexibility index (Phi) is 8.95. The van der Waals surface area contributed by atoms with Gasteiger partial charge in [-0.15, -0.1) is 0 Å². The van der Waals surface area contributed by atoms with Crippen molar-refractivity contribution in [2.75, 3.05) is 29.5 Å². The normalized spacial score (nSPS) is 19.3. The van der Waals surface area contributed by atoms with E-state index in [2.05, 4.69) is 46.6 Å². The first kappa shape index (κ1) is 26.4. The maximum absolute atomic E-state index is 13.4. The summed E-state index contributed by atoms with van der Waals surface area (Å²) in [5, 5.41) is 10.6. The lowest BCUT2D eigenvalue weighted by molar-refractivity contribution is -0.427. The van der Waals surface area contributed by atoms with E-state index < -0.39 is 10.0 Å². The quantitative estimate of drug-likeness (QED) is 0.384. The van der Waals surface area contributed by atoms with E-state index >= 15 is 0 Å². The van der Waals surface area contributed by atoms with Gasteiger partial charge in [-0.25, -0.2) is 13.4 Å². The number of amides is 1. The molecule has 34 heavy (non-hydrogen) atoms. The summed E-state index contributed by atoms with van der Waals surface area (Å²) >= 11 is 1.64. The first-order valence-electron chi connectivity index (χ1n) is 11.9. The number of hydrogen-bond acceptors (Lipinski definition) is 6. The summed E-state index contributed by atoms with van der Waals surface area (Å²) < 4.78 is 25.4. The predicted molar refractivity (Wildman–Crippen MR) is 139 cm³/mol. The van der Waals surface area contributed by atoms with Crippen LogP contribution in [0.2, 0.25) is 0 Å². The third-order valence-corrected chi connectivity index (χ3v) is 8.48. The smallest absolute Gasteiger partial charge is 0.251 e. The van der Waals surface area contributed by atoms with Crippen LogP contribution in [0.4, 0.5) is 11.6 Å². The van der Waals surface area contributed by atoms with Gasteiger partial charge in [0.15, 0.2) is 0 Å². The Morgan fingerprint density at radius 3 is 2.71 bits per heavy atom. The minimum absolute atomic E-state index is 0.0674. The Morgan fingerprint density at radius 2 is 2.12 bits per heavy atom. The summed E-state index contributed by atoms with van der Waals surface area (Å²) in [6.45, 7) is 5.10. The van der Waals surface area contributed by atoms with Crippen LogP contribution in [0.1, 0.15) is 55.5 Å². The zero-order valence-corrected chi connectivity index (χ0v) is 22.2. The van der Waals surface area contributed by atoms with E-state index in [0.29, 0.717) is 29.6 Å². The SMILES string of the molecule is CCCC[C@H]([NH3+])[C@H](Cc1ccsc1)NC(=O)c1cc(NC[C@H]2C[C@@H]2C)nc(N(C)S(C)(=O)=O)c1. The average Bonchev–Trinajstić information content (AvgIpc) is 3.26. The Bertz CT molecular complexity index is 1060. The maximum atomic E-state index is 13.4. The van der Waals surface area contributed by atoms with Gasteiger partial charge in [-0.2, -0.15) is 11.3 Å². The summed E-state index contributed by atoms with van der Waals surface area (Å²) in [5.74, 6) is 1.72. The fourth-order valence-electron chi connectivity index (χ4n) is 3.91. The Hall–Kier alpha value is -2.17. The van der Waals surface area contributed by atoms with E-state index in [1.165, 1.54) is 18.7 Å². The van der Waals surface area contributed by atoms with Gasteiger partial charge in [0.1, 0.15) is 17.7 Å². The Balaban J connectivity index is 1.84. The van der Waals surface area contributed by atoms with Gasteiger partial charge in [0.25, 0.3) is 5.91 Å². The molecule has 2 heterocycles. The van der Waals surface area contributed by atoms with E-state index in [0.717, 1.165) is 42.8 Å². The molecule has 0 radical (unpaired) electrons. The number of quaternary nitrogens is 1. The fourth-order valence-corrected chi connectivity index (χ4v) is 5.02. The number of carbonyl (C=O) groups excluding carboxylic acids is 1. The molecule has 0 unspecified atom stereocenters. The number of hydrogen-bond donors (Lipinski definition) is 3. The molecule has 4 atom stereocenters. The number of aromatic nitrogens is 1. The summed E-state index contributed by atoms with van der Waals surface area (Å²) in [5.41, 5.74) is 5.89. The number of anilines is 2. The molecule has 1 saturated carbocycles. The van der Waals surface area contributed by atoms with Gasteiger partial charge in [0.2, 0.25) is 10.0 Å². The van der Waals surface area contributed by atoms with Crippen molar-refractivity contribution < 1.29 is 18.9 Å². The number of pyridine rings is 1. The van der Waals surface area contributed by atoms with Crippen LogP contribution in [-0.4, -0.2) is 51.2 Å². The molecule has 188 valence electrons. The predicted octanol–water partition coefficient (Wildman–Crippen LogP) is 2.75. The lowest BCUT2D eigenvalue weighted by atomic mass is 9.97. The standard InChI is InChI=1S/C24H37N5O3S2/c1-5-6-7-20(25)21(11-17-8-9-33-15-17)27-24(30)18-12-22(26-14-19-10-16(19)2)28-23(13-18)29(3)34(4,31)32/h8-9,12-13,15-16,19-21H,5-7,10-11,14,25H2,1-4H3,(H,26,28)(H,27,30)/p+1/t16-,19+,20-,21-/m0/s1. The molecule has 2 aromatic heterocycles. The average molecular weight is 509 g/mol. The van der Waals surface area contributed by atoms with Gasteiger partial charge in [0.05, 0.1) is 12.3 Å². The molecular formula is C24H38N5O3S2+. The van der Waals surface area contributed by atoms with Crippen molar-refractivity contribution >= 4 is 38.9 Å². The number of carbonyl (C=O) groups is 1. The molecule has 1 fully saturated rings. The number of thiophene rings is 1. The van der Waals surface area contributed by atoms with E-state index in [1.807, 2.05) is 5.38 Å². The molecule has 5 N–H and O–H groups in total. The van der Waals surface area contributed by atoms with E-state index in [9.17, 15) is 13.2 Å². The molecule has 8 nitrogen and oxygen atoms in total. The minimum atomic E-state index is -3.52. The van der Waals surface area contributed by atoms with Crippen LogP contribution in [-0.2, 0) is 16.4 Å². The molecule has 0 bridgehead atoms. The van der Waals surface area contributed by atoms with Gasteiger partial charge in [-0.3, -0.25) is 9.10 Å². The highest BCUT2D eigenvalue weighted by molar-refractivity contribution is 7.92. The fraction of sp³-hybridized carbons (Fsp3) is 0.583. The van der Waals surface area contributed by atoms with Gasteiger partial charge in [-0.1, -0.05) is 20.3 Å². The van der Waals surface area contributed by atoms with Crippen LogP contribution in [0.15, 0.2) is 29.0 Å². The zero-order chi connectivity index (χ0) is 24.9. The van der Waals surface area contributed by atoms with E-state index in [-0.39, 0.29) is 23.8 Å². The molecule has 2 aromatic rings. The van der Waals surface area contributed by atoms with Crippen molar-refractivity contribution in [3.63, 3.8) is 0 Å². The van der Waals surface area contributed by atoms with Crippen LogP contribution >= 0.6 is 11.3 Å². The second kappa shape index (κ2) is 11.5. The van der Waals surface area contributed by atoms with E-state index in [1.54, 1.807) is 17.4 Å². The van der Waals surface area contributed by atoms with Crippen LogP contribution in [0.5, 0.6) is 0 Å². The zero-order valence-electron chi connectivity index (χ0n) is 20.6. The molecule has 1 aliphatic carbocycles. The lowest BCUT2D eigenvalue weighted by Gasteiger charge is -2.23. The van der Waals surface area contributed by atoms with Gasteiger partial charge in [0, 0.05) is 25.6 Å². The second-order valence-electron chi connectivity index (χ2n) is 9.50. The van der Waals surface area contributed by atoms with Crippen molar-refractivity contribution in [1.29, 1.82) is 0 Å². The molecule has 1 aliphatic rings. The summed E-state index contributed by atoms with van der Waals surface area (Å²) in [7, 11) is -2.07. The summed E-state index contributed by atoms with van der Waals surface area (Å²) in [6.07, 6.45) is 6.05. The molecule has 3 rings (SSSR count). The monoisotopic (exact) mass is 508 g/mol. The molecule has 1 amide bonds. The van der Waals surface area contributed by atoms with Crippen molar-refractivity contribution in [2.24, 2.45) is 11.8 Å². The highest BCUT2D eigenvalue weighted by Gasteiger charge is 2.32. The van der Waals surface area contributed by atoms with Crippen molar-refractivity contribution in [3.05, 3.63) is 40.1 Å². The number of unbranched alkanes of at least 4 members (excludes halogenated alkanes) is 1. The van der Waals surface area contributed by atoms with Crippen LogP contribution in [0.25, 0.3) is 0 Å². The topological polar surface area (TPSA) is 119 Å². The molecule has 0 spiro atoms. The molecule has 0 saturated heterocycles. The van der Waals surface area contributed by atoms with Gasteiger partial charge in [-0.05, 0) is 65.6 Å². The number of nitrogens with one attached hydrogen (secondary N) is 2. The van der Waals surface area contributed by atoms with Crippen molar-refractivity contribution in [3.8, 4) is 0 Å². The Morgan fingerprint density at radius 1 is 1.38 bits per heavy atom. The third kappa shape index (κ3) is 7.41. The lowest BCUT2D eigenvalue weighted by Crippen LogP contribution is -2.70.